The maximum Gasteiger partial charge on any atom is 0.159 e. The molecule has 0 spiro atoms. The lowest BCUT2D eigenvalue weighted by Crippen LogP contribution is -2.48. The van der Waals surface area contributed by atoms with E-state index in [1.807, 2.05) is 11.8 Å². The van der Waals surface area contributed by atoms with Crippen LogP contribution in [0.1, 0.15) is 19.8 Å². The van der Waals surface area contributed by atoms with E-state index in [-0.39, 0.29) is 0 Å². The highest BCUT2D eigenvalue weighted by Gasteiger charge is 2.25. The molecule has 2 saturated heterocycles. The topological polar surface area (TPSA) is 47.9 Å². The Morgan fingerprint density at radius 2 is 1.52 bits per heavy atom. The van der Waals surface area contributed by atoms with E-state index in [1.54, 1.807) is 6.33 Å². The number of nitrogens with zero attached hydrogens (tertiary/aromatic N) is 6. The molecule has 0 aromatic carbocycles. The second-order valence-electron chi connectivity index (χ2n) is 6.45. The van der Waals surface area contributed by atoms with E-state index in [4.69, 9.17) is 0 Å². The van der Waals surface area contributed by atoms with Gasteiger partial charge >= 0.3 is 0 Å². The number of piperazine rings is 1. The monoisotopic (exact) mass is 332 g/mol. The first-order chi connectivity index (χ1) is 11.3. The number of aliphatic imine (C=N–C) groups is 1. The highest BCUT2D eigenvalue weighted by molar-refractivity contribution is 8.14. The molecule has 0 aliphatic carbocycles. The summed E-state index contributed by atoms with van der Waals surface area (Å²) in [5.41, 5.74) is 0. The van der Waals surface area contributed by atoms with Gasteiger partial charge in [-0.15, -0.1) is 0 Å². The largest absolute Gasteiger partial charge is 0.356 e. The van der Waals surface area contributed by atoms with Crippen LogP contribution in [0.3, 0.4) is 0 Å². The van der Waals surface area contributed by atoms with Crippen molar-refractivity contribution < 1.29 is 0 Å². The van der Waals surface area contributed by atoms with E-state index in [9.17, 15) is 0 Å². The fourth-order valence-corrected chi connectivity index (χ4v) is 4.38. The predicted molar refractivity (Wildman–Crippen MR) is 96.6 cm³/mol. The van der Waals surface area contributed by atoms with Crippen LogP contribution in [-0.4, -0.2) is 71.1 Å². The number of hydrogen-bond acceptors (Lipinski definition) is 7. The summed E-state index contributed by atoms with van der Waals surface area (Å²) < 4.78 is 0. The summed E-state index contributed by atoms with van der Waals surface area (Å²) in [5.74, 6) is 2.15. The van der Waals surface area contributed by atoms with Crippen LogP contribution in [0.2, 0.25) is 0 Å². The van der Waals surface area contributed by atoms with Gasteiger partial charge in [-0.25, -0.2) is 9.97 Å². The Bertz CT molecular complexity index is 578. The van der Waals surface area contributed by atoms with Crippen LogP contribution in [0.5, 0.6) is 0 Å². The summed E-state index contributed by atoms with van der Waals surface area (Å²) in [5, 5.41) is 1.87. The first-order valence-electron chi connectivity index (χ1n) is 8.57. The zero-order valence-corrected chi connectivity index (χ0v) is 14.5. The molecule has 7 heteroatoms. The lowest BCUT2D eigenvalue weighted by Gasteiger charge is -2.36. The molecule has 6 nitrogen and oxygen atoms in total. The smallest absolute Gasteiger partial charge is 0.159 e. The number of thioether (sulfide) groups is 1. The van der Waals surface area contributed by atoms with E-state index in [0.717, 1.165) is 57.4 Å². The maximum atomic E-state index is 4.66. The van der Waals surface area contributed by atoms with Gasteiger partial charge in [-0.2, -0.15) is 0 Å². The van der Waals surface area contributed by atoms with Crippen molar-refractivity contribution in [1.29, 1.82) is 0 Å². The first-order valence-corrected chi connectivity index (χ1v) is 9.45. The number of rotatable bonds is 2. The fraction of sp³-hybridized carbons (Fsp3) is 0.688. The van der Waals surface area contributed by atoms with Crippen molar-refractivity contribution in [1.82, 2.24) is 14.9 Å². The molecular weight excluding hydrogens is 308 g/mol. The van der Waals surface area contributed by atoms with Crippen LogP contribution in [0.25, 0.3) is 0 Å². The molecule has 1 atom stereocenters. The van der Waals surface area contributed by atoms with Crippen molar-refractivity contribution in [2.24, 2.45) is 4.99 Å². The Balaban J connectivity index is 1.39. The quantitative estimate of drug-likeness (QED) is 0.821. The lowest BCUT2D eigenvalue weighted by atomic mass is 10.3. The fourth-order valence-electron chi connectivity index (χ4n) is 3.39. The Kier molecular flexibility index (Phi) is 4.29. The van der Waals surface area contributed by atoms with Crippen LogP contribution in [0.4, 0.5) is 11.6 Å². The molecule has 3 aliphatic heterocycles. The zero-order chi connectivity index (χ0) is 15.6. The number of anilines is 2. The van der Waals surface area contributed by atoms with Crippen molar-refractivity contribution in [3.05, 3.63) is 12.4 Å². The van der Waals surface area contributed by atoms with Gasteiger partial charge in [0, 0.05) is 50.6 Å². The van der Waals surface area contributed by atoms with Gasteiger partial charge in [-0.1, -0.05) is 18.7 Å². The summed E-state index contributed by atoms with van der Waals surface area (Å²) in [6, 6.07) is 2.16. The van der Waals surface area contributed by atoms with Crippen molar-refractivity contribution in [3.8, 4) is 0 Å². The normalized spacial score (nSPS) is 25.2. The van der Waals surface area contributed by atoms with Gasteiger partial charge in [0.05, 0.1) is 6.54 Å². The lowest BCUT2D eigenvalue weighted by molar-refractivity contribution is 0.391. The SMILES string of the molecule is CC1CN=C(N2CCN(c3cc(N4CCCC4)ncn3)CC2)S1. The van der Waals surface area contributed by atoms with E-state index < -0.39 is 0 Å². The Labute approximate surface area is 142 Å². The van der Waals surface area contributed by atoms with Crippen molar-refractivity contribution in [2.45, 2.75) is 25.0 Å². The van der Waals surface area contributed by atoms with E-state index in [0.29, 0.717) is 5.25 Å². The number of amidine groups is 1. The molecule has 124 valence electrons. The van der Waals surface area contributed by atoms with E-state index in [2.05, 4.69) is 42.7 Å². The standard InChI is InChI=1S/C16H24N6S/c1-13-11-17-16(23-13)22-8-6-21(7-9-22)15-10-14(18-12-19-15)20-4-2-3-5-20/h10,12-13H,2-9,11H2,1H3. The van der Waals surface area contributed by atoms with Crippen LogP contribution in [0, 0.1) is 0 Å². The average molecular weight is 332 g/mol. The molecule has 23 heavy (non-hydrogen) atoms. The summed E-state index contributed by atoms with van der Waals surface area (Å²) >= 11 is 1.91. The third-order valence-corrected chi connectivity index (χ3v) is 5.88. The van der Waals surface area contributed by atoms with Crippen molar-refractivity contribution >= 4 is 28.6 Å². The molecule has 2 fully saturated rings. The van der Waals surface area contributed by atoms with Crippen LogP contribution in [-0.2, 0) is 0 Å². The molecule has 4 heterocycles. The first kappa shape index (κ1) is 15.1. The molecule has 1 aromatic heterocycles. The molecule has 0 bridgehead atoms. The van der Waals surface area contributed by atoms with Gasteiger partial charge in [0.1, 0.15) is 18.0 Å². The molecule has 1 unspecified atom stereocenters. The van der Waals surface area contributed by atoms with E-state index >= 15 is 0 Å². The summed E-state index contributed by atoms with van der Waals surface area (Å²) in [6.45, 7) is 9.53. The third kappa shape index (κ3) is 3.24. The van der Waals surface area contributed by atoms with Gasteiger partial charge in [0.25, 0.3) is 0 Å². The predicted octanol–water partition coefficient (Wildman–Crippen LogP) is 1.69. The minimum Gasteiger partial charge on any atom is -0.356 e. The minimum absolute atomic E-state index is 0.632. The van der Waals surface area contributed by atoms with Gasteiger partial charge in [-0.05, 0) is 12.8 Å². The van der Waals surface area contributed by atoms with Gasteiger partial charge in [0.2, 0.25) is 0 Å². The summed E-state index contributed by atoms with van der Waals surface area (Å²) in [4.78, 5) is 20.8. The molecule has 0 N–H and O–H groups in total. The van der Waals surface area contributed by atoms with Crippen molar-refractivity contribution in [2.75, 3.05) is 55.6 Å². The third-order valence-electron chi connectivity index (χ3n) is 4.73. The van der Waals surface area contributed by atoms with E-state index in [1.165, 1.54) is 18.0 Å². The Morgan fingerprint density at radius 1 is 0.913 bits per heavy atom. The Hall–Kier alpha value is -1.50. The zero-order valence-electron chi connectivity index (χ0n) is 13.7. The van der Waals surface area contributed by atoms with Gasteiger partial charge < -0.3 is 14.7 Å². The van der Waals surface area contributed by atoms with Crippen LogP contribution >= 0.6 is 11.8 Å². The highest BCUT2D eigenvalue weighted by Crippen LogP contribution is 2.25. The second kappa shape index (κ2) is 6.55. The van der Waals surface area contributed by atoms with Crippen molar-refractivity contribution in [3.63, 3.8) is 0 Å². The molecule has 3 aliphatic rings. The minimum atomic E-state index is 0.632. The molecule has 0 radical (unpaired) electrons. The van der Waals surface area contributed by atoms with Crippen LogP contribution in [0.15, 0.2) is 17.4 Å². The van der Waals surface area contributed by atoms with Crippen LogP contribution < -0.4 is 9.80 Å². The average Bonchev–Trinajstić information content (AvgIpc) is 3.27. The van der Waals surface area contributed by atoms with Gasteiger partial charge in [0.15, 0.2) is 5.17 Å². The molecular formula is C16H24N6S. The second-order valence-corrected chi connectivity index (χ2v) is 7.86. The van der Waals surface area contributed by atoms with Gasteiger partial charge in [-0.3, -0.25) is 4.99 Å². The molecule has 1 aromatic rings. The number of aromatic nitrogens is 2. The highest BCUT2D eigenvalue weighted by atomic mass is 32.2. The Morgan fingerprint density at radius 3 is 2.13 bits per heavy atom. The molecule has 4 rings (SSSR count). The summed E-state index contributed by atoms with van der Waals surface area (Å²) in [6.07, 6.45) is 4.26. The maximum absolute atomic E-state index is 4.66. The molecule has 0 saturated carbocycles. The summed E-state index contributed by atoms with van der Waals surface area (Å²) in [7, 11) is 0. The number of hydrogen-bond donors (Lipinski definition) is 0. The molecule has 0 amide bonds.